The summed E-state index contributed by atoms with van der Waals surface area (Å²) >= 11 is 0. The van der Waals surface area contributed by atoms with E-state index in [4.69, 9.17) is 4.74 Å². The van der Waals surface area contributed by atoms with Crippen LogP contribution in [-0.4, -0.2) is 49.9 Å². The van der Waals surface area contributed by atoms with Gasteiger partial charge in [-0.3, -0.25) is 9.59 Å². The number of ketones is 1. The van der Waals surface area contributed by atoms with Crippen LogP contribution in [-0.2, 0) is 9.59 Å². The summed E-state index contributed by atoms with van der Waals surface area (Å²) in [5.41, 5.74) is 0.178. The van der Waals surface area contributed by atoms with Gasteiger partial charge in [0.05, 0.1) is 39.3 Å². The number of carbonyl (C=O) groups excluding carboxylic acids is 2. The second kappa shape index (κ2) is 9.75. The number of quaternary nitrogens is 1. The van der Waals surface area contributed by atoms with Crippen LogP contribution in [0.2, 0.25) is 0 Å². The first-order valence-corrected chi connectivity index (χ1v) is 10.4. The summed E-state index contributed by atoms with van der Waals surface area (Å²) in [4.78, 5) is 28.4. The lowest BCUT2D eigenvalue weighted by molar-refractivity contribution is -0.895. The Morgan fingerprint density at radius 1 is 1.10 bits per heavy atom. The normalized spacial score (nSPS) is 18.1. The minimum absolute atomic E-state index is 0.146. The maximum Gasteiger partial charge on any atom is 0.295 e. The summed E-state index contributed by atoms with van der Waals surface area (Å²) < 4.78 is 19.9. The highest BCUT2D eigenvalue weighted by atomic mass is 19.1. The number of nitrogens with one attached hydrogen (secondary N) is 1. The van der Waals surface area contributed by atoms with Gasteiger partial charge in [-0.2, -0.15) is 0 Å². The molecule has 0 spiro atoms. The number of ether oxygens (including phenoxy) is 1. The minimum Gasteiger partial charge on any atom is -0.872 e. The van der Waals surface area contributed by atoms with Crippen LogP contribution >= 0.6 is 0 Å². The van der Waals surface area contributed by atoms with Crippen molar-refractivity contribution in [1.29, 1.82) is 0 Å². The zero-order valence-corrected chi connectivity index (χ0v) is 18.0. The van der Waals surface area contributed by atoms with E-state index < -0.39 is 29.3 Å². The fourth-order valence-corrected chi connectivity index (χ4v) is 3.90. The van der Waals surface area contributed by atoms with Crippen molar-refractivity contribution < 1.29 is 28.7 Å². The lowest BCUT2D eigenvalue weighted by Crippen LogP contribution is -3.12. The van der Waals surface area contributed by atoms with Crippen LogP contribution in [0, 0.1) is 5.82 Å². The second-order valence-corrected chi connectivity index (χ2v) is 7.43. The second-order valence-electron chi connectivity index (χ2n) is 7.43. The van der Waals surface area contributed by atoms with Crippen LogP contribution < -0.4 is 14.7 Å². The van der Waals surface area contributed by atoms with E-state index in [0.29, 0.717) is 12.3 Å². The number of halogens is 1. The number of hydrogen-bond acceptors (Lipinski definition) is 4. The van der Waals surface area contributed by atoms with Gasteiger partial charge >= 0.3 is 0 Å². The predicted octanol–water partition coefficient (Wildman–Crippen LogP) is 0.983. The molecule has 0 aliphatic carbocycles. The molecule has 0 saturated carbocycles. The summed E-state index contributed by atoms with van der Waals surface area (Å²) in [5, 5.41) is 13.3. The molecule has 7 heteroatoms. The Balaban J connectivity index is 2.10. The minimum atomic E-state index is -1.05. The van der Waals surface area contributed by atoms with E-state index in [1.54, 1.807) is 18.2 Å². The number of likely N-dealkylation sites (N-methyl/N-ethyl adjacent to an activating group) is 1. The van der Waals surface area contributed by atoms with Gasteiger partial charge in [0.25, 0.3) is 5.91 Å². The first-order valence-electron chi connectivity index (χ1n) is 10.4. The van der Waals surface area contributed by atoms with Gasteiger partial charge < -0.3 is 19.6 Å². The molecule has 164 valence electrons. The van der Waals surface area contributed by atoms with Gasteiger partial charge in [0.15, 0.2) is 0 Å². The van der Waals surface area contributed by atoms with E-state index in [2.05, 4.69) is 0 Å². The van der Waals surface area contributed by atoms with Crippen LogP contribution in [0.3, 0.4) is 0 Å². The number of benzene rings is 2. The number of nitrogens with zero attached hydrogens (tertiary/aromatic N) is 1. The summed E-state index contributed by atoms with van der Waals surface area (Å²) in [7, 11) is 1.51. The number of Topliss-reactive ketones (excluding diaryl/α,β-unsaturated/α-hetero) is 1. The topological polar surface area (TPSA) is 74.1 Å². The molecule has 1 aliphatic heterocycles. The fourth-order valence-electron chi connectivity index (χ4n) is 3.90. The molecule has 31 heavy (non-hydrogen) atoms. The van der Waals surface area contributed by atoms with Crippen molar-refractivity contribution in [3.05, 3.63) is 71.0 Å². The molecule has 6 nitrogen and oxygen atoms in total. The number of amides is 1. The molecule has 0 aromatic heterocycles. The Hall–Kier alpha value is -3.19. The molecule has 2 aromatic rings. The van der Waals surface area contributed by atoms with Crippen molar-refractivity contribution in [2.45, 2.75) is 19.9 Å². The maximum absolute atomic E-state index is 14.7. The molecule has 1 amide bonds. The average molecular weight is 426 g/mol. The molecule has 3 rings (SSSR count). The van der Waals surface area contributed by atoms with Gasteiger partial charge in [0.1, 0.15) is 11.6 Å². The molecule has 1 unspecified atom stereocenters. The van der Waals surface area contributed by atoms with Gasteiger partial charge in [-0.15, -0.1) is 0 Å². The van der Waals surface area contributed by atoms with Gasteiger partial charge in [0, 0.05) is 11.1 Å². The third kappa shape index (κ3) is 4.46. The monoisotopic (exact) mass is 426 g/mol. The van der Waals surface area contributed by atoms with E-state index in [-0.39, 0.29) is 23.2 Å². The third-order valence-electron chi connectivity index (χ3n) is 5.79. The predicted molar refractivity (Wildman–Crippen MR) is 113 cm³/mol. The zero-order chi connectivity index (χ0) is 22.5. The lowest BCUT2D eigenvalue weighted by Gasteiger charge is -2.28. The van der Waals surface area contributed by atoms with Crippen molar-refractivity contribution in [2.75, 3.05) is 33.3 Å². The van der Waals surface area contributed by atoms with Crippen LogP contribution in [0.4, 0.5) is 4.39 Å². The summed E-state index contributed by atoms with van der Waals surface area (Å²) in [5.74, 6) is -2.22. The van der Waals surface area contributed by atoms with Crippen molar-refractivity contribution in [3.8, 4) is 5.75 Å². The summed E-state index contributed by atoms with van der Waals surface area (Å²) in [6.45, 7) is 6.64. The molecule has 0 bridgehead atoms. The maximum atomic E-state index is 14.7. The lowest BCUT2D eigenvalue weighted by atomic mass is 9.95. The van der Waals surface area contributed by atoms with E-state index in [1.807, 2.05) is 13.8 Å². The van der Waals surface area contributed by atoms with Crippen molar-refractivity contribution in [1.82, 2.24) is 4.90 Å². The third-order valence-corrected chi connectivity index (χ3v) is 5.79. The van der Waals surface area contributed by atoms with Gasteiger partial charge in [-0.1, -0.05) is 36.1 Å². The molecular formula is C24H27FN2O4. The standard InChI is InChI=1S/C24H27FN2O4/c1-4-26(5-2)14-15-27-21(18-8-6-7-9-19(18)25)20(23(29)24(27)30)22(28)16-10-12-17(31-3)13-11-16/h6-13,21,28H,4-5,14-15H2,1-3H3/b22-20+. The number of methoxy groups -OCH3 is 1. The molecule has 1 N–H and O–H groups in total. The highest BCUT2D eigenvalue weighted by molar-refractivity contribution is 6.46. The highest BCUT2D eigenvalue weighted by Gasteiger charge is 2.45. The molecule has 1 saturated heterocycles. The first-order chi connectivity index (χ1) is 14.9. The van der Waals surface area contributed by atoms with Crippen molar-refractivity contribution >= 4 is 17.4 Å². The van der Waals surface area contributed by atoms with E-state index in [1.165, 1.54) is 47.2 Å². The Labute approximate surface area is 181 Å². The van der Waals surface area contributed by atoms with Crippen LogP contribution in [0.25, 0.3) is 5.76 Å². The Kier molecular flexibility index (Phi) is 7.07. The Morgan fingerprint density at radius 3 is 2.32 bits per heavy atom. The van der Waals surface area contributed by atoms with Crippen molar-refractivity contribution in [3.63, 3.8) is 0 Å². The smallest absolute Gasteiger partial charge is 0.295 e. The van der Waals surface area contributed by atoms with Crippen LogP contribution in [0.15, 0.2) is 54.1 Å². The van der Waals surface area contributed by atoms with Crippen LogP contribution in [0.1, 0.15) is 31.0 Å². The van der Waals surface area contributed by atoms with Gasteiger partial charge in [-0.05, 0) is 37.6 Å². The molecule has 2 aromatic carbocycles. The molecule has 1 heterocycles. The molecule has 1 fully saturated rings. The Morgan fingerprint density at radius 2 is 1.74 bits per heavy atom. The Bertz CT molecular complexity index is 983. The molecule has 0 radical (unpaired) electrons. The van der Waals surface area contributed by atoms with Gasteiger partial charge in [0.2, 0.25) is 5.78 Å². The van der Waals surface area contributed by atoms with Crippen LogP contribution in [0.5, 0.6) is 5.75 Å². The van der Waals surface area contributed by atoms with Gasteiger partial charge in [-0.25, -0.2) is 4.39 Å². The summed E-state index contributed by atoms with van der Waals surface area (Å²) in [6.07, 6.45) is 0. The number of rotatable bonds is 8. The molecular weight excluding hydrogens is 399 g/mol. The van der Waals surface area contributed by atoms with E-state index >= 15 is 0 Å². The largest absolute Gasteiger partial charge is 0.872 e. The van der Waals surface area contributed by atoms with Crippen molar-refractivity contribution in [2.24, 2.45) is 0 Å². The molecule has 1 aliphatic rings. The highest BCUT2D eigenvalue weighted by Crippen LogP contribution is 2.39. The zero-order valence-electron chi connectivity index (χ0n) is 18.0. The number of carbonyl (C=O) groups is 2. The number of likely N-dealkylation sites (tertiary alicyclic amines) is 1. The SMILES string of the molecule is CC[NH+](CC)CCN1C(=O)C(=O)/C(=C(/[O-])c2ccc(OC)cc2)C1c1ccccc1F. The van der Waals surface area contributed by atoms with E-state index in [0.717, 1.165) is 13.1 Å². The number of hydrogen-bond donors (Lipinski definition) is 1. The summed E-state index contributed by atoms with van der Waals surface area (Å²) in [6, 6.07) is 11.2. The first kappa shape index (κ1) is 22.5. The molecule has 1 atom stereocenters. The average Bonchev–Trinajstić information content (AvgIpc) is 3.04. The fraction of sp³-hybridized carbons (Fsp3) is 0.333. The van der Waals surface area contributed by atoms with E-state index in [9.17, 15) is 19.1 Å². The quantitative estimate of drug-likeness (QED) is 0.388.